The molecule has 3 atom stereocenters. The van der Waals surface area contributed by atoms with E-state index in [-0.39, 0.29) is 11.8 Å². The zero-order valence-corrected chi connectivity index (χ0v) is 28.7. The molecule has 0 radical (unpaired) electrons. The first-order valence-corrected chi connectivity index (χ1v) is 18.5. The van der Waals surface area contributed by atoms with Crippen molar-refractivity contribution in [1.82, 2.24) is 14.4 Å². The van der Waals surface area contributed by atoms with Gasteiger partial charge in [0.05, 0.1) is 27.8 Å². The van der Waals surface area contributed by atoms with Crippen molar-refractivity contribution in [3.05, 3.63) is 179 Å². The van der Waals surface area contributed by atoms with E-state index in [0.29, 0.717) is 5.92 Å². The lowest BCUT2D eigenvalue weighted by atomic mass is 9.69. The van der Waals surface area contributed by atoms with Crippen molar-refractivity contribution >= 4 is 66.2 Å². The average Bonchev–Trinajstić information content (AvgIpc) is 3.72. The van der Waals surface area contributed by atoms with Gasteiger partial charge in [-0.2, -0.15) is 0 Å². The first kappa shape index (κ1) is 28.4. The Hall–Kier alpha value is -6.32. The summed E-state index contributed by atoms with van der Waals surface area (Å²) >= 11 is 0. The Bertz CT molecular complexity index is 3080. The molecule has 0 saturated carbocycles. The summed E-state index contributed by atoms with van der Waals surface area (Å²) in [6.07, 6.45) is 10.3. The van der Waals surface area contributed by atoms with E-state index in [0.717, 1.165) is 34.4 Å². The third-order valence-electron chi connectivity index (χ3n) is 12.2. The number of nitrogens with zero attached hydrogens (tertiary/aromatic N) is 3. The highest BCUT2D eigenvalue weighted by molar-refractivity contribution is 6.28. The van der Waals surface area contributed by atoms with Gasteiger partial charge in [-0.3, -0.25) is 0 Å². The molecule has 0 bridgehead atoms. The van der Waals surface area contributed by atoms with E-state index in [1.165, 1.54) is 77.0 Å². The molecule has 244 valence electrons. The molecule has 0 aliphatic heterocycles. The number of para-hydroxylation sites is 3. The minimum Gasteiger partial charge on any atom is -0.308 e. The second-order valence-corrected chi connectivity index (χ2v) is 14.8. The maximum absolute atomic E-state index is 5.66. The second kappa shape index (κ2) is 10.4. The molecular weight excluding hydrogens is 631 g/mol. The number of allylic oxidation sites excluding steroid dienone is 5. The Morgan fingerprint density at radius 3 is 2.25 bits per heavy atom. The molecule has 9 aromatic rings. The Morgan fingerprint density at radius 1 is 0.654 bits per heavy atom. The topological polar surface area (TPSA) is 30.2 Å². The molecule has 6 aromatic carbocycles. The molecule has 3 unspecified atom stereocenters. The highest BCUT2D eigenvalue weighted by Gasteiger charge is 2.37. The van der Waals surface area contributed by atoms with Gasteiger partial charge in [-0.15, -0.1) is 0 Å². The van der Waals surface area contributed by atoms with Crippen LogP contribution in [-0.2, 0) is 0 Å². The zero-order valence-electron chi connectivity index (χ0n) is 28.7. The maximum Gasteiger partial charge on any atom is 0.159 e. The van der Waals surface area contributed by atoms with Crippen molar-refractivity contribution in [1.29, 1.82) is 0 Å². The first-order valence-electron chi connectivity index (χ1n) is 18.5. The number of aromatic nitrogens is 3. The van der Waals surface area contributed by atoms with Gasteiger partial charge in [0.2, 0.25) is 0 Å². The highest BCUT2D eigenvalue weighted by Crippen LogP contribution is 2.56. The van der Waals surface area contributed by atoms with Crippen LogP contribution in [0.4, 0.5) is 0 Å². The smallest absolute Gasteiger partial charge is 0.159 e. The van der Waals surface area contributed by atoms with Crippen LogP contribution in [0.5, 0.6) is 0 Å². The van der Waals surface area contributed by atoms with E-state index in [4.69, 9.17) is 9.97 Å². The lowest BCUT2D eigenvalue weighted by Gasteiger charge is -2.35. The van der Waals surface area contributed by atoms with Crippen LogP contribution < -0.4 is 0 Å². The SMILES string of the molecule is CC1c2ccccc2-c2c(cc3c4ccccc4n4c5ccccc5c2c34)C1c1nc(C2=CCC3C=Cc4ccccc4C3=C2)nc2ccccc12. The maximum atomic E-state index is 5.66. The lowest BCUT2D eigenvalue weighted by Crippen LogP contribution is -2.19. The number of benzene rings is 6. The Balaban J connectivity index is 1.16. The molecular formula is C49H33N3. The van der Waals surface area contributed by atoms with Crippen LogP contribution in [0.25, 0.3) is 77.3 Å². The van der Waals surface area contributed by atoms with Crippen LogP contribution in [0.15, 0.2) is 146 Å². The van der Waals surface area contributed by atoms with Crippen molar-refractivity contribution in [2.24, 2.45) is 5.92 Å². The molecule has 52 heavy (non-hydrogen) atoms. The summed E-state index contributed by atoms with van der Waals surface area (Å²) in [7, 11) is 0. The lowest BCUT2D eigenvalue weighted by molar-refractivity contribution is 0.638. The van der Waals surface area contributed by atoms with E-state index < -0.39 is 0 Å². The van der Waals surface area contributed by atoms with E-state index in [1.807, 2.05) is 0 Å². The van der Waals surface area contributed by atoms with Crippen LogP contribution in [0.1, 0.15) is 59.0 Å². The summed E-state index contributed by atoms with van der Waals surface area (Å²) in [4.78, 5) is 10.9. The van der Waals surface area contributed by atoms with Gasteiger partial charge >= 0.3 is 0 Å². The summed E-state index contributed by atoms with van der Waals surface area (Å²) in [6.45, 7) is 2.40. The van der Waals surface area contributed by atoms with E-state index >= 15 is 0 Å². The van der Waals surface area contributed by atoms with Crippen LogP contribution in [0.3, 0.4) is 0 Å². The van der Waals surface area contributed by atoms with Crippen molar-refractivity contribution < 1.29 is 0 Å². The van der Waals surface area contributed by atoms with E-state index in [9.17, 15) is 0 Å². The number of rotatable bonds is 2. The van der Waals surface area contributed by atoms with Crippen molar-refractivity contribution in [3.63, 3.8) is 0 Å². The minimum absolute atomic E-state index is 0.0232. The van der Waals surface area contributed by atoms with Crippen molar-refractivity contribution in [2.75, 3.05) is 0 Å². The largest absolute Gasteiger partial charge is 0.308 e. The Labute approximate surface area is 301 Å². The fraction of sp³-hybridized carbons (Fsp3) is 0.102. The predicted octanol–water partition coefficient (Wildman–Crippen LogP) is 12.2. The zero-order chi connectivity index (χ0) is 34.1. The predicted molar refractivity (Wildman–Crippen MR) is 216 cm³/mol. The van der Waals surface area contributed by atoms with E-state index in [1.54, 1.807) is 0 Å². The quantitative estimate of drug-likeness (QED) is 0.184. The summed E-state index contributed by atoms with van der Waals surface area (Å²) < 4.78 is 2.50. The van der Waals surface area contributed by atoms with Crippen LogP contribution in [0, 0.1) is 5.92 Å². The molecule has 3 nitrogen and oxygen atoms in total. The molecule has 0 N–H and O–H groups in total. The molecule has 3 aliphatic carbocycles. The molecule has 0 amide bonds. The molecule has 0 fully saturated rings. The molecule has 3 aromatic heterocycles. The third-order valence-corrected chi connectivity index (χ3v) is 12.2. The number of fused-ring (bicyclic) bond motifs is 14. The molecule has 0 saturated heterocycles. The third kappa shape index (κ3) is 3.70. The standard InChI is InChI=1S/C49H33N3/c1-28-32-13-4-5-16-35(32)45-40(27-39-34-15-7-10-20-42(34)52-43-21-11-8-18-37(43)46(45)48(39)52)44(28)47-36-17-6-9-19-41(36)50-49(51-47)31-25-24-30-23-22-29-12-2-3-14-33(29)38(30)26-31/h2-23,25-28,30,44H,24H2,1H3. The Kier molecular flexibility index (Phi) is 5.66. The monoisotopic (exact) mass is 663 g/mol. The summed E-state index contributed by atoms with van der Waals surface area (Å²) in [5.74, 6) is 1.41. The molecule has 3 heteroatoms. The van der Waals surface area contributed by atoms with Crippen LogP contribution in [0.2, 0.25) is 0 Å². The Morgan fingerprint density at radius 2 is 1.37 bits per heavy atom. The fourth-order valence-electron chi connectivity index (χ4n) is 9.95. The van der Waals surface area contributed by atoms with E-state index in [2.05, 4.69) is 163 Å². The van der Waals surface area contributed by atoms with Crippen LogP contribution in [-0.4, -0.2) is 14.4 Å². The normalized spacial score (nSPS) is 19.1. The van der Waals surface area contributed by atoms with Crippen molar-refractivity contribution in [3.8, 4) is 11.1 Å². The number of hydrogen-bond acceptors (Lipinski definition) is 2. The molecule has 0 spiro atoms. The number of hydrogen-bond donors (Lipinski definition) is 0. The van der Waals surface area contributed by atoms with Gasteiger partial charge in [0, 0.05) is 44.3 Å². The minimum atomic E-state index is 0.0232. The van der Waals surface area contributed by atoms with Crippen molar-refractivity contribution in [2.45, 2.75) is 25.2 Å². The van der Waals surface area contributed by atoms with Gasteiger partial charge in [0.1, 0.15) is 0 Å². The molecule has 3 aliphatic rings. The summed E-state index contributed by atoms with van der Waals surface area (Å²) in [5.41, 5.74) is 16.4. The van der Waals surface area contributed by atoms with Gasteiger partial charge in [-0.25, -0.2) is 9.97 Å². The van der Waals surface area contributed by atoms with Gasteiger partial charge in [-0.1, -0.05) is 128 Å². The van der Waals surface area contributed by atoms with Gasteiger partial charge < -0.3 is 4.40 Å². The molecule has 3 heterocycles. The highest BCUT2D eigenvalue weighted by atomic mass is 14.9. The van der Waals surface area contributed by atoms with Gasteiger partial charge in [0.25, 0.3) is 0 Å². The fourth-order valence-corrected chi connectivity index (χ4v) is 9.95. The van der Waals surface area contributed by atoms with Crippen LogP contribution >= 0.6 is 0 Å². The first-order chi connectivity index (χ1) is 25.7. The molecule has 12 rings (SSSR count). The summed E-state index contributed by atoms with van der Waals surface area (Å²) in [6, 6.07) is 46.9. The van der Waals surface area contributed by atoms with Gasteiger partial charge in [0.15, 0.2) is 5.82 Å². The summed E-state index contributed by atoms with van der Waals surface area (Å²) in [5, 5.41) is 6.38. The van der Waals surface area contributed by atoms with Gasteiger partial charge in [-0.05, 0) is 81.6 Å². The average molecular weight is 664 g/mol. The second-order valence-electron chi connectivity index (χ2n) is 14.8.